The van der Waals surface area contributed by atoms with Crippen molar-refractivity contribution in [1.82, 2.24) is 0 Å². The van der Waals surface area contributed by atoms with Crippen molar-refractivity contribution in [2.75, 3.05) is 3.71 Å². The lowest BCUT2D eigenvalue weighted by Gasteiger charge is -2.24. The molecule has 0 spiro atoms. The minimum absolute atomic E-state index is 0.0148. The molecular weight excluding hydrogens is 506 g/mol. The molecular formula is C25H21NO6S3. The zero-order valence-corrected chi connectivity index (χ0v) is 20.8. The molecule has 1 heterocycles. The molecule has 35 heavy (non-hydrogen) atoms. The molecule has 7 nitrogen and oxygen atoms in total. The second kappa shape index (κ2) is 10.0. The number of benzene rings is 3. The minimum Gasteiger partial charge on any atom is -0.478 e. The van der Waals surface area contributed by atoms with E-state index in [4.69, 9.17) is 5.11 Å². The lowest BCUT2D eigenvalue weighted by molar-refractivity contribution is 0.0697. The Labute approximate surface area is 208 Å². The number of rotatable bonds is 9. The summed E-state index contributed by atoms with van der Waals surface area (Å²) in [4.78, 5) is 10.9. The number of sulfonamides is 2. The van der Waals surface area contributed by atoms with Crippen molar-refractivity contribution in [2.24, 2.45) is 0 Å². The van der Waals surface area contributed by atoms with Gasteiger partial charge in [0, 0.05) is 0 Å². The summed E-state index contributed by atoms with van der Waals surface area (Å²) in [7, 11) is -8.84. The molecule has 0 aliphatic heterocycles. The summed E-state index contributed by atoms with van der Waals surface area (Å²) in [5.41, 5.74) is 1.84. The van der Waals surface area contributed by atoms with Gasteiger partial charge in [-0.15, -0.1) is 11.3 Å². The highest BCUT2D eigenvalue weighted by molar-refractivity contribution is 8.11. The van der Waals surface area contributed by atoms with E-state index in [-0.39, 0.29) is 20.4 Å². The van der Waals surface area contributed by atoms with Crippen LogP contribution in [0.3, 0.4) is 0 Å². The number of carboxylic acids is 1. The molecule has 0 amide bonds. The van der Waals surface area contributed by atoms with Crippen molar-refractivity contribution in [3.05, 3.63) is 113 Å². The van der Waals surface area contributed by atoms with Crippen molar-refractivity contribution < 1.29 is 26.7 Å². The summed E-state index contributed by atoms with van der Waals surface area (Å²) in [5, 5.41) is 10.6. The van der Waals surface area contributed by atoms with E-state index in [1.54, 1.807) is 47.8 Å². The molecule has 0 radical (unpaired) electrons. The summed E-state index contributed by atoms with van der Waals surface area (Å²) in [6.07, 6.45) is 1.06. The smallest absolute Gasteiger partial charge is 0.335 e. The van der Waals surface area contributed by atoms with Gasteiger partial charge >= 0.3 is 5.97 Å². The Hall–Kier alpha value is -3.47. The molecule has 0 saturated carbocycles. The highest BCUT2D eigenvalue weighted by Crippen LogP contribution is 2.33. The fraction of sp³-hybridized carbons (Fsp3) is 0.0800. The average molecular weight is 528 g/mol. The van der Waals surface area contributed by atoms with Gasteiger partial charge in [0.05, 0.1) is 16.1 Å². The molecule has 3 aromatic carbocycles. The van der Waals surface area contributed by atoms with E-state index < -0.39 is 26.0 Å². The zero-order valence-electron chi connectivity index (χ0n) is 18.3. The highest BCUT2D eigenvalue weighted by atomic mass is 32.3. The Balaban J connectivity index is 1.70. The molecule has 1 N–H and O–H groups in total. The predicted octanol–water partition coefficient (Wildman–Crippen LogP) is 4.82. The van der Waals surface area contributed by atoms with Gasteiger partial charge in [0.1, 0.15) is 4.21 Å². The first-order valence-electron chi connectivity index (χ1n) is 10.5. The van der Waals surface area contributed by atoms with E-state index in [0.29, 0.717) is 16.6 Å². The number of nitrogens with zero attached hydrogens (tertiary/aromatic N) is 1. The Morgan fingerprint density at radius 2 is 1.43 bits per heavy atom. The molecule has 10 heteroatoms. The molecule has 0 saturated heterocycles. The van der Waals surface area contributed by atoms with Crippen molar-refractivity contribution in [3.63, 3.8) is 0 Å². The fourth-order valence-electron chi connectivity index (χ4n) is 3.52. The van der Waals surface area contributed by atoms with E-state index in [0.717, 1.165) is 22.5 Å². The molecule has 0 aliphatic carbocycles. The molecule has 1 aromatic heterocycles. The first kappa shape index (κ1) is 24.6. The van der Waals surface area contributed by atoms with Crippen LogP contribution in [0.5, 0.6) is 0 Å². The molecule has 0 bridgehead atoms. The second-order valence-corrected chi connectivity index (χ2v) is 12.6. The van der Waals surface area contributed by atoms with Crippen LogP contribution < -0.4 is 3.71 Å². The van der Waals surface area contributed by atoms with Crippen LogP contribution in [0.4, 0.5) is 5.69 Å². The Kier molecular flexibility index (Phi) is 7.06. The van der Waals surface area contributed by atoms with Gasteiger partial charge in [0.2, 0.25) is 0 Å². The van der Waals surface area contributed by atoms with Crippen LogP contribution in [0.25, 0.3) is 0 Å². The number of hydrogen-bond donors (Lipinski definition) is 1. The SMILES string of the molecule is O=C(O)c1ccc(CCc2cccc(N(S(=O)(=O)c3ccccc3)S(=O)(=O)c3cccs3)c2)cc1. The summed E-state index contributed by atoms with van der Waals surface area (Å²) in [5.74, 6) is -1.00. The van der Waals surface area contributed by atoms with E-state index in [2.05, 4.69) is 0 Å². The van der Waals surface area contributed by atoms with Crippen molar-refractivity contribution in [3.8, 4) is 0 Å². The third-order valence-electron chi connectivity index (χ3n) is 5.25. The van der Waals surface area contributed by atoms with E-state index in [1.165, 1.54) is 48.5 Å². The van der Waals surface area contributed by atoms with Crippen LogP contribution in [-0.4, -0.2) is 27.9 Å². The van der Waals surface area contributed by atoms with Gasteiger partial charge in [0.15, 0.2) is 0 Å². The summed E-state index contributed by atoms with van der Waals surface area (Å²) < 4.78 is 54.5. The molecule has 0 aliphatic rings. The van der Waals surface area contributed by atoms with Gasteiger partial charge < -0.3 is 5.11 Å². The third-order valence-corrected chi connectivity index (χ3v) is 10.8. The quantitative estimate of drug-likeness (QED) is 0.334. The number of thiophene rings is 1. The number of aromatic carboxylic acids is 1. The first-order chi connectivity index (χ1) is 16.7. The minimum atomic E-state index is -4.44. The van der Waals surface area contributed by atoms with Gasteiger partial charge in [-0.05, 0) is 71.8 Å². The van der Waals surface area contributed by atoms with Crippen LogP contribution in [0.15, 0.2) is 105 Å². The average Bonchev–Trinajstić information content (AvgIpc) is 3.40. The van der Waals surface area contributed by atoms with Gasteiger partial charge in [0.25, 0.3) is 20.0 Å². The van der Waals surface area contributed by atoms with E-state index in [1.807, 2.05) is 0 Å². The Morgan fingerprint density at radius 1 is 0.743 bits per heavy atom. The predicted molar refractivity (Wildman–Crippen MR) is 135 cm³/mol. The summed E-state index contributed by atoms with van der Waals surface area (Å²) in [6.45, 7) is 0. The van der Waals surface area contributed by atoms with Crippen LogP contribution in [0, 0.1) is 0 Å². The van der Waals surface area contributed by atoms with Crippen LogP contribution >= 0.6 is 11.3 Å². The van der Waals surface area contributed by atoms with E-state index >= 15 is 0 Å². The maximum absolute atomic E-state index is 13.6. The van der Waals surface area contributed by atoms with Crippen molar-refractivity contribution in [1.29, 1.82) is 0 Å². The number of hydrogen-bond acceptors (Lipinski definition) is 6. The Bertz CT molecular complexity index is 1530. The third kappa shape index (κ3) is 5.29. The fourth-order valence-corrected chi connectivity index (χ4v) is 8.40. The maximum Gasteiger partial charge on any atom is 0.335 e. The molecule has 0 fully saturated rings. The van der Waals surface area contributed by atoms with Crippen LogP contribution in [0.1, 0.15) is 21.5 Å². The van der Waals surface area contributed by atoms with Crippen molar-refractivity contribution >= 4 is 43.0 Å². The van der Waals surface area contributed by atoms with Gasteiger partial charge in [-0.2, -0.15) is 12.1 Å². The molecule has 0 unspecified atom stereocenters. The van der Waals surface area contributed by atoms with Crippen LogP contribution in [-0.2, 0) is 32.9 Å². The standard InChI is InChI=1S/C25H21NO6S3/c27-25(28)21-15-13-19(14-16-21)11-12-20-6-4-7-22(18-20)26(35(31,32)24-10-5-17-33-24)34(29,30)23-8-2-1-3-9-23/h1-10,13-18H,11-12H2,(H,27,28). The normalized spacial score (nSPS) is 11.8. The van der Waals surface area contributed by atoms with E-state index in [9.17, 15) is 21.6 Å². The second-order valence-electron chi connectivity index (χ2n) is 7.62. The lowest BCUT2D eigenvalue weighted by Crippen LogP contribution is -2.36. The highest BCUT2D eigenvalue weighted by Gasteiger charge is 2.37. The monoisotopic (exact) mass is 527 g/mol. The number of carboxylic acid groups (broad SMARTS) is 1. The van der Waals surface area contributed by atoms with Crippen molar-refractivity contribution in [2.45, 2.75) is 21.9 Å². The zero-order chi connectivity index (χ0) is 25.1. The number of anilines is 1. The molecule has 4 rings (SSSR count). The topological polar surface area (TPSA) is 109 Å². The molecule has 4 aromatic rings. The summed E-state index contributed by atoms with van der Waals surface area (Å²) in [6, 6.07) is 23.3. The largest absolute Gasteiger partial charge is 0.478 e. The van der Waals surface area contributed by atoms with Crippen LogP contribution in [0.2, 0.25) is 0 Å². The van der Waals surface area contributed by atoms with Gasteiger partial charge in [-0.25, -0.2) is 13.2 Å². The van der Waals surface area contributed by atoms with Gasteiger partial charge in [-0.3, -0.25) is 0 Å². The Morgan fingerprint density at radius 3 is 2.06 bits per heavy atom. The number of aryl methyl sites for hydroxylation is 2. The number of carbonyl (C=O) groups is 1. The lowest BCUT2D eigenvalue weighted by atomic mass is 10.0. The summed E-state index contributed by atoms with van der Waals surface area (Å²) >= 11 is 0.943. The maximum atomic E-state index is 13.6. The first-order valence-corrected chi connectivity index (χ1v) is 14.3. The molecule has 0 atom stereocenters. The molecule has 180 valence electrons. The van der Waals surface area contributed by atoms with Gasteiger partial charge in [-0.1, -0.05) is 48.5 Å².